The third kappa shape index (κ3) is 2.30. The van der Waals surface area contributed by atoms with E-state index in [1.54, 1.807) is 0 Å². The van der Waals surface area contributed by atoms with Gasteiger partial charge in [-0.3, -0.25) is 0 Å². The second-order valence-electron chi connectivity index (χ2n) is 2.87. The summed E-state index contributed by atoms with van der Waals surface area (Å²) in [5, 5.41) is 17.4. The first-order valence-electron chi connectivity index (χ1n) is 3.98. The topological polar surface area (TPSA) is 49.7 Å². The minimum atomic E-state index is -3.46. The number of phenolic OH excluding ortho intramolecular Hbond substituents is 1. The predicted octanol–water partition coefficient (Wildman–Crippen LogP) is 2.14. The smallest absolute Gasteiger partial charge is 0.297 e. The first-order valence-corrected chi connectivity index (χ1v) is 4.36. The number of benzene rings is 1. The predicted molar refractivity (Wildman–Crippen MR) is 50.6 cm³/mol. The van der Waals surface area contributed by atoms with E-state index in [-0.39, 0.29) is 16.5 Å². The second-order valence-corrected chi connectivity index (χ2v) is 3.27. The Kier molecular flexibility index (Phi) is 3.36. The average molecular weight is 239 g/mol. The van der Waals surface area contributed by atoms with Crippen molar-refractivity contribution >= 4 is 11.6 Å². The summed E-state index contributed by atoms with van der Waals surface area (Å²) in [7, 11) is 1.23. The summed E-state index contributed by atoms with van der Waals surface area (Å²) >= 11 is 5.52. The van der Waals surface area contributed by atoms with Gasteiger partial charge in [0.05, 0.1) is 12.1 Å². The molecule has 0 aliphatic rings. The van der Waals surface area contributed by atoms with E-state index in [1.807, 2.05) is 0 Å². The van der Waals surface area contributed by atoms with Gasteiger partial charge in [-0.15, -0.1) is 0 Å². The zero-order valence-electron chi connectivity index (χ0n) is 7.80. The Morgan fingerprint density at radius 3 is 2.53 bits per heavy atom. The van der Waals surface area contributed by atoms with Gasteiger partial charge in [0.2, 0.25) is 0 Å². The number of methoxy groups -OCH3 is 1. The molecule has 0 heterocycles. The maximum absolute atomic E-state index is 13.1. The normalized spacial score (nSPS) is 11.5. The van der Waals surface area contributed by atoms with Gasteiger partial charge in [0.25, 0.3) is 5.92 Å². The molecule has 0 aliphatic heterocycles. The van der Waals surface area contributed by atoms with Gasteiger partial charge in [-0.1, -0.05) is 11.6 Å². The lowest BCUT2D eigenvalue weighted by atomic mass is 10.1. The van der Waals surface area contributed by atoms with Crippen molar-refractivity contribution in [1.82, 2.24) is 0 Å². The highest BCUT2D eigenvalue weighted by Crippen LogP contribution is 2.39. The van der Waals surface area contributed by atoms with Crippen molar-refractivity contribution in [2.24, 2.45) is 0 Å². The number of rotatable bonds is 3. The Morgan fingerprint density at radius 2 is 2.07 bits per heavy atom. The van der Waals surface area contributed by atoms with Crippen LogP contribution >= 0.6 is 11.6 Å². The van der Waals surface area contributed by atoms with Crippen LogP contribution in [0.4, 0.5) is 8.78 Å². The summed E-state index contributed by atoms with van der Waals surface area (Å²) in [6.07, 6.45) is 0. The summed E-state index contributed by atoms with van der Waals surface area (Å²) in [5.74, 6) is -3.92. The molecule has 6 heteroatoms. The lowest BCUT2D eigenvalue weighted by molar-refractivity contribution is -0.0556. The zero-order chi connectivity index (χ0) is 11.6. The SMILES string of the molecule is COc1cc(C(F)(F)CO)c(Cl)cc1O. The van der Waals surface area contributed by atoms with Gasteiger partial charge in [-0.25, -0.2) is 0 Å². The molecule has 0 bridgehead atoms. The Balaban J connectivity index is 3.30. The molecule has 0 saturated heterocycles. The number of hydrogen-bond acceptors (Lipinski definition) is 3. The van der Waals surface area contributed by atoms with E-state index in [9.17, 15) is 13.9 Å². The molecule has 0 aromatic heterocycles. The standard InChI is InChI=1S/C9H9ClF2O3/c1-15-8-2-5(9(11,12)4-13)6(10)3-7(8)14/h2-3,13-14H,4H2,1H3. The zero-order valence-corrected chi connectivity index (χ0v) is 8.55. The summed E-state index contributed by atoms with van der Waals surface area (Å²) in [4.78, 5) is 0. The van der Waals surface area contributed by atoms with Crippen LogP contribution in [-0.2, 0) is 5.92 Å². The average Bonchev–Trinajstić information content (AvgIpc) is 2.17. The van der Waals surface area contributed by atoms with Gasteiger partial charge in [-0.2, -0.15) is 8.78 Å². The molecule has 2 N–H and O–H groups in total. The fourth-order valence-corrected chi connectivity index (χ4v) is 1.37. The number of alkyl halides is 2. The molecule has 0 atom stereocenters. The summed E-state index contributed by atoms with van der Waals surface area (Å²) in [6, 6.07) is 1.84. The Morgan fingerprint density at radius 1 is 1.47 bits per heavy atom. The second kappa shape index (κ2) is 4.20. The molecule has 3 nitrogen and oxygen atoms in total. The van der Waals surface area contributed by atoms with Crippen LogP contribution in [0, 0.1) is 0 Å². The number of hydrogen-bond donors (Lipinski definition) is 2. The Labute approximate surface area is 89.9 Å². The van der Waals surface area contributed by atoms with E-state index in [1.165, 1.54) is 7.11 Å². The lowest BCUT2D eigenvalue weighted by Gasteiger charge is -2.16. The minimum absolute atomic E-state index is 0.123. The van der Waals surface area contributed by atoms with Crippen LogP contribution in [0.25, 0.3) is 0 Å². The van der Waals surface area contributed by atoms with E-state index in [0.29, 0.717) is 0 Å². The highest BCUT2D eigenvalue weighted by molar-refractivity contribution is 6.31. The third-order valence-electron chi connectivity index (χ3n) is 1.86. The molecular formula is C9H9ClF2O3. The molecule has 1 aromatic carbocycles. The molecule has 84 valence electrons. The van der Waals surface area contributed by atoms with Crippen LogP contribution in [0.1, 0.15) is 5.56 Å². The van der Waals surface area contributed by atoms with Crippen molar-refractivity contribution in [2.45, 2.75) is 5.92 Å². The van der Waals surface area contributed by atoms with E-state index in [2.05, 4.69) is 4.74 Å². The fourth-order valence-electron chi connectivity index (χ4n) is 1.07. The molecule has 15 heavy (non-hydrogen) atoms. The molecule has 0 amide bonds. The van der Waals surface area contributed by atoms with Crippen LogP contribution in [0.15, 0.2) is 12.1 Å². The number of aliphatic hydroxyl groups is 1. The van der Waals surface area contributed by atoms with Crippen molar-refractivity contribution in [3.05, 3.63) is 22.7 Å². The fraction of sp³-hybridized carbons (Fsp3) is 0.333. The quantitative estimate of drug-likeness (QED) is 0.848. The maximum Gasteiger partial charge on any atom is 0.297 e. The van der Waals surface area contributed by atoms with Gasteiger partial charge in [0, 0.05) is 11.6 Å². The van der Waals surface area contributed by atoms with E-state index in [0.717, 1.165) is 12.1 Å². The van der Waals surface area contributed by atoms with Crippen molar-refractivity contribution in [1.29, 1.82) is 0 Å². The maximum atomic E-state index is 13.1. The van der Waals surface area contributed by atoms with E-state index in [4.69, 9.17) is 16.7 Å². The molecule has 0 fully saturated rings. The molecule has 0 radical (unpaired) electrons. The molecule has 0 spiro atoms. The molecule has 0 saturated carbocycles. The molecule has 1 rings (SSSR count). The Bertz CT molecular complexity index is 369. The van der Waals surface area contributed by atoms with Crippen molar-refractivity contribution in [2.75, 3.05) is 13.7 Å². The van der Waals surface area contributed by atoms with Gasteiger partial charge in [0.1, 0.15) is 6.61 Å². The number of phenols is 1. The lowest BCUT2D eigenvalue weighted by Crippen LogP contribution is -2.19. The van der Waals surface area contributed by atoms with Crippen LogP contribution in [-0.4, -0.2) is 23.9 Å². The first kappa shape index (κ1) is 12.0. The molecular weight excluding hydrogens is 230 g/mol. The number of aliphatic hydroxyl groups excluding tert-OH is 1. The van der Waals surface area contributed by atoms with Crippen LogP contribution in [0.5, 0.6) is 11.5 Å². The van der Waals surface area contributed by atoms with E-state index < -0.39 is 18.1 Å². The van der Waals surface area contributed by atoms with Gasteiger partial charge in [-0.05, 0) is 6.07 Å². The summed E-state index contributed by atoms with van der Waals surface area (Å²) in [6.45, 7) is -1.36. The van der Waals surface area contributed by atoms with E-state index >= 15 is 0 Å². The van der Waals surface area contributed by atoms with Crippen molar-refractivity contribution in [3.8, 4) is 11.5 Å². The number of aromatic hydroxyl groups is 1. The summed E-state index contributed by atoms with van der Waals surface area (Å²) < 4.78 is 30.9. The molecule has 1 aromatic rings. The van der Waals surface area contributed by atoms with Gasteiger partial charge >= 0.3 is 0 Å². The monoisotopic (exact) mass is 238 g/mol. The number of halogens is 3. The van der Waals surface area contributed by atoms with Crippen molar-refractivity contribution in [3.63, 3.8) is 0 Å². The minimum Gasteiger partial charge on any atom is -0.504 e. The molecule has 0 unspecified atom stereocenters. The van der Waals surface area contributed by atoms with Gasteiger partial charge < -0.3 is 14.9 Å². The third-order valence-corrected chi connectivity index (χ3v) is 2.17. The molecule has 0 aliphatic carbocycles. The Hall–Kier alpha value is -1.07. The largest absolute Gasteiger partial charge is 0.504 e. The highest BCUT2D eigenvalue weighted by Gasteiger charge is 2.34. The van der Waals surface area contributed by atoms with Crippen LogP contribution < -0.4 is 4.74 Å². The highest BCUT2D eigenvalue weighted by atomic mass is 35.5. The number of ether oxygens (including phenoxy) is 1. The van der Waals surface area contributed by atoms with Crippen LogP contribution in [0.2, 0.25) is 5.02 Å². The first-order chi connectivity index (χ1) is 6.92. The van der Waals surface area contributed by atoms with Crippen LogP contribution in [0.3, 0.4) is 0 Å². The van der Waals surface area contributed by atoms with Gasteiger partial charge in [0.15, 0.2) is 11.5 Å². The van der Waals surface area contributed by atoms with Crippen molar-refractivity contribution < 1.29 is 23.7 Å². The summed E-state index contributed by atoms with van der Waals surface area (Å²) in [5.41, 5.74) is -0.582.